The molecule has 0 radical (unpaired) electrons. The molecule has 1 amide bonds. The van der Waals surface area contributed by atoms with Crippen molar-refractivity contribution in [3.05, 3.63) is 71.3 Å². The molecule has 0 bridgehead atoms. The highest BCUT2D eigenvalue weighted by atomic mass is 16.2. The van der Waals surface area contributed by atoms with Crippen molar-refractivity contribution < 1.29 is 4.79 Å². The van der Waals surface area contributed by atoms with E-state index in [9.17, 15) is 4.79 Å². The van der Waals surface area contributed by atoms with Gasteiger partial charge in [0.05, 0.1) is 0 Å². The summed E-state index contributed by atoms with van der Waals surface area (Å²) in [6.45, 7) is 0.781. The quantitative estimate of drug-likeness (QED) is 0.778. The van der Waals surface area contributed by atoms with Gasteiger partial charge in [0.25, 0.3) is 0 Å². The summed E-state index contributed by atoms with van der Waals surface area (Å²) in [4.78, 5) is 14.5. The minimum Gasteiger partial charge on any atom is -0.334 e. The number of hydrogen-bond donors (Lipinski definition) is 0. The van der Waals surface area contributed by atoms with Crippen molar-refractivity contribution in [1.82, 2.24) is 4.90 Å². The maximum Gasteiger partial charge on any atom is 0.223 e. The number of carbonyl (C=O) groups excluding carboxylic acids is 1. The first-order valence-electron chi connectivity index (χ1n) is 7.77. The molecule has 2 aliphatic heterocycles. The van der Waals surface area contributed by atoms with Gasteiger partial charge in [-0.3, -0.25) is 4.79 Å². The second-order valence-electron chi connectivity index (χ2n) is 6.07. The molecule has 1 saturated heterocycles. The number of hydrogen-bond acceptors (Lipinski definition) is 1. The molecule has 2 nitrogen and oxygen atoms in total. The van der Waals surface area contributed by atoms with Crippen LogP contribution in [0.3, 0.4) is 0 Å². The summed E-state index contributed by atoms with van der Waals surface area (Å²) in [7, 11) is 0. The van der Waals surface area contributed by atoms with E-state index in [0.717, 1.165) is 19.4 Å². The van der Waals surface area contributed by atoms with E-state index in [1.807, 2.05) is 0 Å². The lowest BCUT2D eigenvalue weighted by atomic mass is 9.76. The molecule has 2 atom stereocenters. The summed E-state index contributed by atoms with van der Waals surface area (Å²) in [5, 5.41) is 0. The van der Waals surface area contributed by atoms with Crippen LogP contribution in [0.5, 0.6) is 0 Å². The first kappa shape index (κ1) is 12.6. The van der Waals surface area contributed by atoms with Crippen LogP contribution in [-0.2, 0) is 11.3 Å². The molecule has 2 heterocycles. The van der Waals surface area contributed by atoms with E-state index in [1.54, 1.807) is 0 Å². The van der Waals surface area contributed by atoms with E-state index in [2.05, 4.69) is 59.5 Å². The van der Waals surface area contributed by atoms with Gasteiger partial charge in [-0.2, -0.15) is 0 Å². The number of piperidine rings is 1. The molecule has 0 unspecified atom stereocenters. The molecule has 2 heteroatoms. The molecule has 2 aromatic carbocycles. The Labute approximate surface area is 125 Å². The van der Waals surface area contributed by atoms with Crippen LogP contribution < -0.4 is 0 Å². The van der Waals surface area contributed by atoms with E-state index in [1.165, 1.54) is 16.7 Å². The van der Waals surface area contributed by atoms with Gasteiger partial charge in [0.15, 0.2) is 0 Å². The minimum atomic E-state index is 0.320. The van der Waals surface area contributed by atoms with Gasteiger partial charge in [-0.25, -0.2) is 0 Å². The van der Waals surface area contributed by atoms with Gasteiger partial charge >= 0.3 is 0 Å². The van der Waals surface area contributed by atoms with E-state index in [4.69, 9.17) is 0 Å². The van der Waals surface area contributed by atoms with Crippen molar-refractivity contribution in [3.8, 4) is 0 Å². The average Bonchev–Trinajstić information content (AvgIpc) is 2.54. The third kappa shape index (κ3) is 2.06. The molecule has 0 spiro atoms. The summed E-state index contributed by atoms with van der Waals surface area (Å²) in [5.74, 6) is 0.641. The summed E-state index contributed by atoms with van der Waals surface area (Å²) in [6.07, 6.45) is 2.84. The van der Waals surface area contributed by atoms with Crippen molar-refractivity contribution in [2.75, 3.05) is 0 Å². The summed E-state index contributed by atoms with van der Waals surface area (Å²) >= 11 is 0. The first-order chi connectivity index (χ1) is 10.3. The Hall–Kier alpha value is -2.09. The van der Waals surface area contributed by atoms with E-state index >= 15 is 0 Å². The van der Waals surface area contributed by atoms with Crippen molar-refractivity contribution in [2.45, 2.75) is 37.8 Å². The smallest absolute Gasteiger partial charge is 0.223 e. The van der Waals surface area contributed by atoms with Gasteiger partial charge in [-0.1, -0.05) is 54.6 Å². The molecule has 1 fully saturated rings. The normalized spacial score (nSPS) is 24.4. The Bertz CT molecular complexity index is 664. The highest BCUT2D eigenvalue weighted by Crippen LogP contribution is 2.41. The van der Waals surface area contributed by atoms with Gasteiger partial charge in [0.2, 0.25) is 5.91 Å². The average molecular weight is 277 g/mol. The fourth-order valence-corrected chi connectivity index (χ4v) is 3.93. The molecule has 0 saturated carbocycles. The number of rotatable bonds is 1. The molecule has 0 N–H and O–H groups in total. The highest BCUT2D eigenvalue weighted by molar-refractivity contribution is 5.78. The van der Waals surface area contributed by atoms with Crippen LogP contribution in [0.15, 0.2) is 54.6 Å². The Morgan fingerprint density at radius 1 is 0.952 bits per heavy atom. The summed E-state index contributed by atoms with van der Waals surface area (Å²) in [5.41, 5.74) is 4.03. The van der Waals surface area contributed by atoms with Gasteiger partial charge < -0.3 is 4.90 Å². The Kier molecular flexibility index (Phi) is 3.03. The zero-order valence-corrected chi connectivity index (χ0v) is 12.0. The van der Waals surface area contributed by atoms with Crippen LogP contribution in [0.1, 0.15) is 41.9 Å². The van der Waals surface area contributed by atoms with Crippen molar-refractivity contribution >= 4 is 5.91 Å². The lowest BCUT2D eigenvalue weighted by Crippen LogP contribution is -2.49. The van der Waals surface area contributed by atoms with E-state index in [-0.39, 0.29) is 0 Å². The molecular formula is C19H19NO. The Balaban J connectivity index is 1.86. The fourth-order valence-electron chi connectivity index (χ4n) is 3.93. The standard InChI is InChI=1S/C19H19NO/c21-18-12-6-11-17-19(14-7-2-1-3-8-14)16-10-5-4-9-15(16)13-20(17)18/h1-5,7-10,17,19H,6,11-13H2/t17-,19-/m1/s1. The van der Waals surface area contributed by atoms with Gasteiger partial charge in [0, 0.05) is 24.9 Å². The molecule has 21 heavy (non-hydrogen) atoms. The van der Waals surface area contributed by atoms with Crippen LogP contribution in [-0.4, -0.2) is 16.8 Å². The zero-order valence-electron chi connectivity index (χ0n) is 12.0. The molecule has 106 valence electrons. The maximum atomic E-state index is 12.3. The lowest BCUT2D eigenvalue weighted by Gasteiger charge is -2.45. The molecule has 4 rings (SSSR count). The summed E-state index contributed by atoms with van der Waals surface area (Å²) < 4.78 is 0. The SMILES string of the molecule is O=C1CCC[C@@H]2[C@H](c3ccccc3)c3ccccc3CN12. The third-order valence-electron chi connectivity index (χ3n) is 4.89. The molecule has 0 aromatic heterocycles. The van der Waals surface area contributed by atoms with Gasteiger partial charge in [0.1, 0.15) is 0 Å². The number of carbonyl (C=O) groups is 1. The second kappa shape index (κ2) is 5.03. The number of fused-ring (bicyclic) bond motifs is 2. The Morgan fingerprint density at radius 3 is 2.57 bits per heavy atom. The minimum absolute atomic E-state index is 0.320. The predicted molar refractivity (Wildman–Crippen MR) is 82.9 cm³/mol. The van der Waals surface area contributed by atoms with Crippen LogP contribution in [0.4, 0.5) is 0 Å². The summed E-state index contributed by atoms with van der Waals surface area (Å²) in [6, 6.07) is 19.6. The Morgan fingerprint density at radius 2 is 1.71 bits per heavy atom. The van der Waals surface area contributed by atoms with Gasteiger partial charge in [-0.05, 0) is 29.5 Å². The maximum absolute atomic E-state index is 12.3. The van der Waals surface area contributed by atoms with Crippen molar-refractivity contribution in [2.24, 2.45) is 0 Å². The highest BCUT2D eigenvalue weighted by Gasteiger charge is 2.39. The van der Waals surface area contributed by atoms with E-state index < -0.39 is 0 Å². The van der Waals surface area contributed by atoms with Crippen molar-refractivity contribution in [1.29, 1.82) is 0 Å². The molecule has 2 aromatic rings. The van der Waals surface area contributed by atoms with Crippen molar-refractivity contribution in [3.63, 3.8) is 0 Å². The zero-order chi connectivity index (χ0) is 14.2. The van der Waals surface area contributed by atoms with Gasteiger partial charge in [-0.15, -0.1) is 0 Å². The second-order valence-corrected chi connectivity index (χ2v) is 6.07. The molecule has 0 aliphatic carbocycles. The van der Waals surface area contributed by atoms with Crippen LogP contribution in [0, 0.1) is 0 Å². The number of nitrogens with zero attached hydrogens (tertiary/aromatic N) is 1. The first-order valence-corrected chi connectivity index (χ1v) is 7.77. The molecule has 2 aliphatic rings. The number of amides is 1. The van der Waals surface area contributed by atoms with Crippen LogP contribution in [0.2, 0.25) is 0 Å². The van der Waals surface area contributed by atoms with E-state index in [0.29, 0.717) is 24.3 Å². The topological polar surface area (TPSA) is 20.3 Å². The predicted octanol–water partition coefficient (Wildman–Crippen LogP) is 3.71. The molecular weight excluding hydrogens is 258 g/mol. The monoisotopic (exact) mass is 277 g/mol. The van der Waals surface area contributed by atoms with Crippen LogP contribution >= 0.6 is 0 Å². The fraction of sp³-hybridized carbons (Fsp3) is 0.316. The largest absolute Gasteiger partial charge is 0.334 e. The number of benzene rings is 2. The lowest BCUT2D eigenvalue weighted by molar-refractivity contribution is -0.138. The third-order valence-corrected chi connectivity index (χ3v) is 4.89. The van der Waals surface area contributed by atoms with Crippen LogP contribution in [0.25, 0.3) is 0 Å².